The molecule has 8 atom stereocenters. The van der Waals surface area contributed by atoms with E-state index in [1.807, 2.05) is 38.0 Å². The van der Waals surface area contributed by atoms with E-state index in [0.29, 0.717) is 80.4 Å². The summed E-state index contributed by atoms with van der Waals surface area (Å²) in [5.41, 5.74) is 10.8. The molecule has 12 heterocycles. The molecule has 8 unspecified atom stereocenters. The van der Waals surface area contributed by atoms with Crippen LogP contribution in [0, 0.1) is 35.5 Å². The first-order valence-electron chi connectivity index (χ1n) is 36.7. The first-order chi connectivity index (χ1) is 45.6. The summed E-state index contributed by atoms with van der Waals surface area (Å²) in [7, 11) is 0. The minimum atomic E-state index is 0.123. The molecule has 10 aliphatic rings. The molecule has 93 heavy (non-hydrogen) atoms. The third-order valence-electron chi connectivity index (χ3n) is 22.0. The quantitative estimate of drug-likeness (QED) is 0.0633. The number of ether oxygens (including phenoxy) is 4. The van der Waals surface area contributed by atoms with Crippen LogP contribution in [0.4, 0.5) is 0 Å². The fraction of sp³-hybridized carbons (Fsp3) is 0.662. The fourth-order valence-corrected chi connectivity index (χ4v) is 17.4. The van der Waals surface area contributed by atoms with Gasteiger partial charge in [0.15, 0.2) is 0 Å². The monoisotopic (exact) mass is 1270 g/mol. The summed E-state index contributed by atoms with van der Waals surface area (Å²) >= 11 is 0. The van der Waals surface area contributed by atoms with E-state index in [1.165, 1.54) is 145 Å². The van der Waals surface area contributed by atoms with Gasteiger partial charge in [-0.3, -0.25) is 19.2 Å². The standard InChI is InChI=1S/C24H38N2O2.C19H28N2O2.C19H22N2O2.C15H22N2O2/c1-2-3-7-10-25-14-21-11-22(16-25)23-12-20(13-24(27)26(23)15-21)18-28-17-19-8-5-4-6-9-19;2*22-19-8-15(13-23-12-14-4-2-1-3-5-14)7-18-17-6-16(9-20-10-17)11-21(18)19;1-2-3-19-10-11-5-14-13-4-12(7-16-8-13)9-17(14)15(18)6-11/h12-13,19,21-22H,2-11,14-18H2,1H3;7-8,14,16-17,20H,1-6,9-13H2;1-5,7-8,16-17,20H,6,9-13H2;5-6,12-13,16H,2-4,7-10H2,1H3. The third kappa shape index (κ3) is 18.2. The van der Waals surface area contributed by atoms with Crippen LogP contribution in [0.1, 0.15) is 204 Å². The van der Waals surface area contributed by atoms with Crippen LogP contribution in [0.15, 0.2) is 98.0 Å². The van der Waals surface area contributed by atoms with Crippen molar-refractivity contribution in [1.29, 1.82) is 0 Å². The van der Waals surface area contributed by atoms with Crippen molar-refractivity contribution in [3.05, 3.63) is 171 Å². The molecule has 3 N–H and O–H groups in total. The maximum atomic E-state index is 12.8. The van der Waals surface area contributed by atoms with Gasteiger partial charge in [-0.1, -0.05) is 95.5 Å². The molecule has 0 amide bonds. The molecule has 0 spiro atoms. The van der Waals surface area contributed by atoms with E-state index >= 15 is 0 Å². The van der Waals surface area contributed by atoms with E-state index in [4.69, 9.17) is 18.9 Å². The number of rotatable bonds is 20. The molecule has 0 radical (unpaired) electrons. The molecular weight excluding hydrogens is 1160 g/mol. The van der Waals surface area contributed by atoms with E-state index in [1.54, 1.807) is 18.2 Å². The van der Waals surface area contributed by atoms with Crippen LogP contribution in [-0.2, 0) is 78.2 Å². The minimum absolute atomic E-state index is 0.123. The molecule has 506 valence electrons. The Balaban J connectivity index is 0.000000120. The van der Waals surface area contributed by atoms with Gasteiger partial charge in [-0.2, -0.15) is 0 Å². The zero-order valence-electron chi connectivity index (χ0n) is 56.4. The highest BCUT2D eigenvalue weighted by atomic mass is 16.5. The van der Waals surface area contributed by atoms with Crippen LogP contribution in [0.25, 0.3) is 0 Å². The number of nitrogens with one attached hydrogen (secondary N) is 3. The van der Waals surface area contributed by atoms with Crippen molar-refractivity contribution < 1.29 is 18.9 Å². The maximum Gasteiger partial charge on any atom is 0.251 e. The van der Waals surface area contributed by atoms with Gasteiger partial charge >= 0.3 is 0 Å². The van der Waals surface area contributed by atoms with Gasteiger partial charge in [0.25, 0.3) is 22.2 Å². The lowest BCUT2D eigenvalue weighted by Crippen LogP contribution is -2.47. The largest absolute Gasteiger partial charge is 0.377 e. The molecule has 2 aliphatic carbocycles. The number of aromatic nitrogens is 4. The average Bonchev–Trinajstić information content (AvgIpc) is 0.904. The molecule has 16 nitrogen and oxygen atoms in total. The lowest BCUT2D eigenvalue weighted by Gasteiger charge is -2.43. The van der Waals surface area contributed by atoms with Crippen molar-refractivity contribution >= 4 is 0 Å². The minimum Gasteiger partial charge on any atom is -0.377 e. The number of nitrogens with zero attached hydrogens (tertiary/aromatic N) is 5. The molecule has 5 aromatic rings. The summed E-state index contributed by atoms with van der Waals surface area (Å²) in [5.74, 6) is 5.88. The number of pyridine rings is 4. The van der Waals surface area contributed by atoms with Crippen LogP contribution in [-0.4, -0.2) is 102 Å². The summed E-state index contributed by atoms with van der Waals surface area (Å²) in [6.07, 6.45) is 23.2. The highest BCUT2D eigenvalue weighted by Gasteiger charge is 2.36. The number of unbranched alkanes of at least 4 members (excludes halogenated alkanes) is 2. The lowest BCUT2D eigenvalue weighted by atomic mass is 9.82. The van der Waals surface area contributed by atoms with Crippen LogP contribution in [0.5, 0.6) is 0 Å². The maximum absolute atomic E-state index is 12.8. The Morgan fingerprint density at radius 1 is 0.387 bits per heavy atom. The van der Waals surface area contributed by atoms with Crippen molar-refractivity contribution in [2.45, 2.75) is 212 Å². The van der Waals surface area contributed by atoms with E-state index in [-0.39, 0.29) is 22.2 Å². The van der Waals surface area contributed by atoms with E-state index in [2.05, 4.69) is 75.7 Å². The second-order valence-corrected chi connectivity index (χ2v) is 29.7. The Kier molecular flexibility index (Phi) is 24.4. The van der Waals surface area contributed by atoms with Gasteiger partial charge in [-0.25, -0.2) is 0 Å². The first kappa shape index (κ1) is 67.7. The normalized spacial score (nSPS) is 25.3. The average molecular weight is 1280 g/mol. The van der Waals surface area contributed by atoms with Crippen LogP contribution in [0.2, 0.25) is 0 Å². The van der Waals surface area contributed by atoms with Crippen molar-refractivity contribution in [2.24, 2.45) is 35.5 Å². The number of hydrogen-bond donors (Lipinski definition) is 3. The van der Waals surface area contributed by atoms with E-state index in [0.717, 1.165) is 138 Å². The van der Waals surface area contributed by atoms with Gasteiger partial charge in [0.05, 0.1) is 33.0 Å². The zero-order valence-corrected chi connectivity index (χ0v) is 56.4. The summed E-state index contributed by atoms with van der Waals surface area (Å²) in [6, 6.07) is 26.1. The molecule has 4 saturated heterocycles. The molecule has 15 rings (SSSR count). The van der Waals surface area contributed by atoms with Gasteiger partial charge in [-0.05, 0) is 178 Å². The van der Waals surface area contributed by atoms with Gasteiger partial charge in [-0.15, -0.1) is 0 Å². The lowest BCUT2D eigenvalue weighted by molar-refractivity contribution is 0.0733. The summed E-state index contributed by atoms with van der Waals surface area (Å²) in [5, 5.41) is 10.5. The predicted molar refractivity (Wildman–Crippen MR) is 368 cm³/mol. The molecule has 1 aromatic carbocycles. The zero-order chi connectivity index (χ0) is 63.9. The second kappa shape index (κ2) is 33.6. The summed E-state index contributed by atoms with van der Waals surface area (Å²) < 4.78 is 31.3. The number of fused-ring (bicyclic) bond motifs is 16. The second-order valence-electron chi connectivity index (χ2n) is 29.7. The smallest absolute Gasteiger partial charge is 0.251 e. The molecule has 6 fully saturated rings. The van der Waals surface area contributed by atoms with Gasteiger partial charge in [0.1, 0.15) is 0 Å². The van der Waals surface area contributed by atoms with E-state index in [9.17, 15) is 19.2 Å². The Morgan fingerprint density at radius 2 is 0.785 bits per heavy atom. The Bertz CT molecular complexity index is 3440. The predicted octanol–water partition coefficient (Wildman–Crippen LogP) is 11.0. The van der Waals surface area contributed by atoms with Crippen molar-refractivity contribution in [3.63, 3.8) is 0 Å². The highest BCUT2D eigenvalue weighted by molar-refractivity contribution is 5.27. The Morgan fingerprint density at radius 3 is 1.23 bits per heavy atom. The molecule has 16 heteroatoms. The van der Waals surface area contributed by atoms with E-state index < -0.39 is 0 Å². The van der Waals surface area contributed by atoms with Gasteiger partial charge < -0.3 is 58.1 Å². The highest BCUT2D eigenvalue weighted by Crippen LogP contribution is 2.38. The topological polar surface area (TPSA) is 164 Å². The molecule has 8 aliphatic heterocycles. The van der Waals surface area contributed by atoms with Crippen molar-refractivity contribution in [1.82, 2.24) is 39.1 Å². The number of hydrogen-bond acceptors (Lipinski definition) is 12. The SMILES string of the molecule is CCCCCN1CC2CC(C1)c1cc(COCC3CCCCC3)cc(=O)n1C2.CCCOCc1cc2n(c(=O)c1)CC1CNCC2C1.O=c1cc(COCC2CCCCC2)cc2n1CC1CNCC2C1.O=c1cc(COCc2ccccc2)cc2n1CC1CNCC2C1. The number of benzene rings is 1. The number of likely N-dealkylation sites (tertiary alicyclic amines) is 1. The van der Waals surface area contributed by atoms with Gasteiger partial charge in [0, 0.05) is 149 Å². The summed E-state index contributed by atoms with van der Waals surface area (Å²) in [4.78, 5) is 52.6. The fourth-order valence-electron chi connectivity index (χ4n) is 17.4. The van der Waals surface area contributed by atoms with Crippen molar-refractivity contribution in [2.75, 3.05) is 78.7 Å². The van der Waals surface area contributed by atoms with Crippen LogP contribution >= 0.6 is 0 Å². The summed E-state index contributed by atoms with van der Waals surface area (Å²) in [6.45, 7) is 22.7. The van der Waals surface area contributed by atoms with Crippen LogP contribution in [0.3, 0.4) is 0 Å². The molecule has 8 bridgehead atoms. The van der Waals surface area contributed by atoms with Gasteiger partial charge in [0.2, 0.25) is 0 Å². The van der Waals surface area contributed by atoms with Crippen LogP contribution < -0.4 is 38.2 Å². The third-order valence-corrected chi connectivity index (χ3v) is 22.0. The molecule has 4 aromatic heterocycles. The number of piperidine rings is 4. The van der Waals surface area contributed by atoms with Crippen molar-refractivity contribution in [3.8, 4) is 0 Å². The molecular formula is C77H110N8O8. The molecule has 2 saturated carbocycles. The Labute approximate surface area is 552 Å². The first-order valence-corrected chi connectivity index (χ1v) is 36.7. The Hall–Kier alpha value is -5.30.